The standard InChI is InChI=1S/C19H22F2N4O3/c1-18(9-22-10-19(18,20)21)23-7-11-3-2-4-12-13(11)8-25(17(12)28)14-5-6-15(26)24-16(14)27/h2-4,14,22-23H,5-10H2,1H3,(H,24,26,27). The molecular formula is C19H22F2N4O3. The lowest BCUT2D eigenvalue weighted by molar-refractivity contribution is -0.136. The topological polar surface area (TPSA) is 90.5 Å². The summed E-state index contributed by atoms with van der Waals surface area (Å²) in [5.74, 6) is -3.96. The molecule has 150 valence electrons. The molecule has 3 aliphatic heterocycles. The molecule has 0 radical (unpaired) electrons. The van der Waals surface area contributed by atoms with E-state index in [-0.39, 0.29) is 50.8 Å². The van der Waals surface area contributed by atoms with Crippen molar-refractivity contribution in [2.24, 2.45) is 0 Å². The Bertz CT molecular complexity index is 860. The van der Waals surface area contributed by atoms with Gasteiger partial charge in [0.25, 0.3) is 11.8 Å². The maximum atomic E-state index is 14.2. The third-order valence-corrected chi connectivity index (χ3v) is 5.98. The minimum Gasteiger partial charge on any atom is -0.322 e. The van der Waals surface area contributed by atoms with Crippen LogP contribution in [0.25, 0.3) is 0 Å². The van der Waals surface area contributed by atoms with Crippen LogP contribution in [0.4, 0.5) is 8.78 Å². The van der Waals surface area contributed by atoms with Gasteiger partial charge < -0.3 is 15.5 Å². The molecule has 28 heavy (non-hydrogen) atoms. The lowest BCUT2D eigenvalue weighted by Crippen LogP contribution is -2.55. The average molecular weight is 392 g/mol. The number of benzene rings is 1. The highest BCUT2D eigenvalue weighted by atomic mass is 19.3. The second-order valence-electron chi connectivity index (χ2n) is 7.84. The van der Waals surface area contributed by atoms with E-state index >= 15 is 0 Å². The molecule has 3 aliphatic rings. The van der Waals surface area contributed by atoms with Gasteiger partial charge >= 0.3 is 0 Å². The molecule has 0 aromatic heterocycles. The Hall–Kier alpha value is -2.39. The molecule has 2 fully saturated rings. The summed E-state index contributed by atoms with van der Waals surface area (Å²) in [6.07, 6.45) is 0.472. The van der Waals surface area contributed by atoms with Gasteiger partial charge in [-0.1, -0.05) is 12.1 Å². The zero-order valence-corrected chi connectivity index (χ0v) is 15.5. The predicted molar refractivity (Wildman–Crippen MR) is 95.5 cm³/mol. The smallest absolute Gasteiger partial charge is 0.279 e. The zero-order chi connectivity index (χ0) is 20.1. The molecule has 7 nitrogen and oxygen atoms in total. The highest BCUT2D eigenvalue weighted by molar-refractivity contribution is 6.05. The van der Waals surface area contributed by atoms with Crippen LogP contribution in [0.1, 0.15) is 41.3 Å². The van der Waals surface area contributed by atoms with E-state index in [1.165, 1.54) is 11.8 Å². The monoisotopic (exact) mass is 392 g/mol. The maximum absolute atomic E-state index is 14.2. The highest BCUT2D eigenvalue weighted by Gasteiger charge is 2.53. The fourth-order valence-electron chi connectivity index (χ4n) is 4.09. The Labute approximate surface area is 160 Å². The van der Waals surface area contributed by atoms with Gasteiger partial charge in [0.15, 0.2) is 0 Å². The first-order chi connectivity index (χ1) is 13.2. The molecule has 3 amide bonds. The summed E-state index contributed by atoms with van der Waals surface area (Å²) < 4.78 is 28.3. The van der Waals surface area contributed by atoms with Crippen molar-refractivity contribution in [3.63, 3.8) is 0 Å². The Morgan fingerprint density at radius 3 is 2.71 bits per heavy atom. The number of nitrogens with one attached hydrogen (secondary N) is 3. The number of amides is 3. The fraction of sp³-hybridized carbons (Fsp3) is 0.526. The molecule has 1 aromatic rings. The van der Waals surface area contributed by atoms with Gasteiger partial charge in [0.1, 0.15) is 6.04 Å². The van der Waals surface area contributed by atoms with Crippen LogP contribution in [-0.2, 0) is 22.7 Å². The van der Waals surface area contributed by atoms with Crippen molar-refractivity contribution >= 4 is 17.7 Å². The first-order valence-electron chi connectivity index (χ1n) is 9.31. The molecule has 4 rings (SSSR count). The predicted octanol–water partition coefficient (Wildman–Crippen LogP) is 0.534. The number of fused-ring (bicyclic) bond motifs is 1. The largest absolute Gasteiger partial charge is 0.322 e. The number of carbonyl (C=O) groups excluding carboxylic acids is 3. The van der Waals surface area contributed by atoms with Gasteiger partial charge in [0.2, 0.25) is 11.8 Å². The first-order valence-corrected chi connectivity index (χ1v) is 9.31. The van der Waals surface area contributed by atoms with Crippen LogP contribution in [0.3, 0.4) is 0 Å². The van der Waals surface area contributed by atoms with Crippen LogP contribution in [0.2, 0.25) is 0 Å². The van der Waals surface area contributed by atoms with E-state index in [1.807, 2.05) is 0 Å². The van der Waals surface area contributed by atoms with Crippen LogP contribution >= 0.6 is 0 Å². The average Bonchev–Trinajstić information content (AvgIpc) is 3.10. The normalized spacial score (nSPS) is 29.2. The quantitative estimate of drug-likeness (QED) is 0.651. The molecule has 2 saturated heterocycles. The SMILES string of the molecule is CC1(NCc2cccc3c2CN(C2CCC(=O)NC2=O)C3=O)CNCC1(F)F. The Morgan fingerprint density at radius 2 is 2.04 bits per heavy atom. The maximum Gasteiger partial charge on any atom is 0.279 e. The van der Waals surface area contributed by atoms with Crippen molar-refractivity contribution < 1.29 is 23.2 Å². The van der Waals surface area contributed by atoms with Crippen molar-refractivity contribution in [2.45, 2.75) is 50.4 Å². The van der Waals surface area contributed by atoms with Crippen LogP contribution in [-0.4, -0.2) is 53.2 Å². The van der Waals surface area contributed by atoms with Crippen molar-refractivity contribution in [3.05, 3.63) is 34.9 Å². The van der Waals surface area contributed by atoms with E-state index in [4.69, 9.17) is 0 Å². The Balaban J connectivity index is 1.53. The van der Waals surface area contributed by atoms with E-state index in [1.54, 1.807) is 18.2 Å². The second kappa shape index (κ2) is 6.59. The number of nitrogens with zero attached hydrogens (tertiary/aromatic N) is 1. The molecular weight excluding hydrogens is 370 g/mol. The summed E-state index contributed by atoms with van der Waals surface area (Å²) in [6, 6.07) is 4.51. The van der Waals surface area contributed by atoms with Gasteiger partial charge in [-0.25, -0.2) is 8.78 Å². The molecule has 2 atom stereocenters. The molecule has 0 aliphatic carbocycles. The van der Waals surface area contributed by atoms with Crippen LogP contribution < -0.4 is 16.0 Å². The molecule has 0 bridgehead atoms. The zero-order valence-electron chi connectivity index (χ0n) is 15.5. The van der Waals surface area contributed by atoms with Crippen LogP contribution in [0.5, 0.6) is 0 Å². The summed E-state index contributed by atoms with van der Waals surface area (Å²) in [6.45, 7) is 1.68. The Morgan fingerprint density at radius 1 is 1.25 bits per heavy atom. The number of piperidine rings is 1. The molecule has 2 unspecified atom stereocenters. The van der Waals surface area contributed by atoms with Gasteiger partial charge in [-0.05, 0) is 30.5 Å². The second-order valence-corrected chi connectivity index (χ2v) is 7.84. The van der Waals surface area contributed by atoms with Crippen molar-refractivity contribution in [1.29, 1.82) is 0 Å². The number of hydrogen-bond acceptors (Lipinski definition) is 5. The van der Waals surface area contributed by atoms with E-state index in [2.05, 4.69) is 16.0 Å². The van der Waals surface area contributed by atoms with E-state index in [0.717, 1.165) is 11.1 Å². The molecule has 3 N–H and O–H groups in total. The van der Waals surface area contributed by atoms with Crippen molar-refractivity contribution in [3.8, 4) is 0 Å². The third-order valence-electron chi connectivity index (χ3n) is 5.98. The molecule has 0 spiro atoms. The fourth-order valence-corrected chi connectivity index (χ4v) is 4.09. The molecule has 0 saturated carbocycles. The van der Waals surface area contributed by atoms with Crippen LogP contribution in [0.15, 0.2) is 18.2 Å². The summed E-state index contributed by atoms with van der Waals surface area (Å²) in [7, 11) is 0. The van der Waals surface area contributed by atoms with Gasteiger partial charge in [0, 0.05) is 31.6 Å². The lowest BCUT2D eigenvalue weighted by atomic mass is 9.96. The lowest BCUT2D eigenvalue weighted by Gasteiger charge is -2.31. The van der Waals surface area contributed by atoms with Gasteiger partial charge in [-0.2, -0.15) is 0 Å². The third kappa shape index (κ3) is 2.98. The van der Waals surface area contributed by atoms with Crippen molar-refractivity contribution in [1.82, 2.24) is 20.9 Å². The number of hydrogen-bond donors (Lipinski definition) is 3. The first kappa shape index (κ1) is 18.9. The summed E-state index contributed by atoms with van der Waals surface area (Å²) in [5, 5.41) is 7.93. The van der Waals surface area contributed by atoms with E-state index in [0.29, 0.717) is 5.56 Å². The number of halogens is 2. The van der Waals surface area contributed by atoms with Crippen molar-refractivity contribution in [2.75, 3.05) is 13.1 Å². The summed E-state index contributed by atoms with van der Waals surface area (Å²) in [5.41, 5.74) is 0.597. The number of rotatable bonds is 4. The number of carbonyl (C=O) groups is 3. The molecule has 9 heteroatoms. The number of imide groups is 1. The van der Waals surface area contributed by atoms with Crippen LogP contribution in [0, 0.1) is 0 Å². The minimum atomic E-state index is -2.88. The molecule has 1 aromatic carbocycles. The summed E-state index contributed by atoms with van der Waals surface area (Å²) >= 11 is 0. The highest BCUT2D eigenvalue weighted by Crippen LogP contribution is 2.33. The minimum absolute atomic E-state index is 0.149. The van der Waals surface area contributed by atoms with E-state index in [9.17, 15) is 23.2 Å². The van der Waals surface area contributed by atoms with Gasteiger partial charge in [0.05, 0.1) is 12.1 Å². The van der Waals surface area contributed by atoms with E-state index < -0.39 is 23.4 Å². The Kier molecular flexibility index (Phi) is 4.46. The summed E-state index contributed by atoms with van der Waals surface area (Å²) in [4.78, 5) is 37.8. The van der Waals surface area contributed by atoms with Gasteiger partial charge in [-0.3, -0.25) is 19.7 Å². The van der Waals surface area contributed by atoms with Gasteiger partial charge in [-0.15, -0.1) is 0 Å². The number of alkyl halides is 2. The molecule has 3 heterocycles.